The molecule has 1 unspecified atom stereocenters. The van der Waals surface area contributed by atoms with Gasteiger partial charge in [-0.3, -0.25) is 14.9 Å². The predicted molar refractivity (Wildman–Crippen MR) is 83.0 cm³/mol. The fourth-order valence-corrected chi connectivity index (χ4v) is 3.38. The lowest BCUT2D eigenvalue weighted by molar-refractivity contribution is -0.115. The van der Waals surface area contributed by atoms with Gasteiger partial charge in [0.25, 0.3) is 5.91 Å². The first-order chi connectivity index (χ1) is 10.0. The molecule has 0 spiro atoms. The van der Waals surface area contributed by atoms with E-state index in [-0.39, 0.29) is 17.1 Å². The van der Waals surface area contributed by atoms with Crippen LogP contribution in [0.15, 0.2) is 23.1 Å². The van der Waals surface area contributed by atoms with Crippen LogP contribution in [0.2, 0.25) is 0 Å². The number of carbonyl (C=O) groups excluding carboxylic acids is 2. The van der Waals surface area contributed by atoms with E-state index in [2.05, 4.69) is 20.8 Å². The Morgan fingerprint density at radius 3 is 2.90 bits per heavy atom. The van der Waals surface area contributed by atoms with Crippen LogP contribution in [0.1, 0.15) is 22.3 Å². The number of hydrogen-bond donors (Lipinski definition) is 2. The van der Waals surface area contributed by atoms with Gasteiger partial charge in [0.15, 0.2) is 0 Å². The highest BCUT2D eigenvalue weighted by Crippen LogP contribution is 2.36. The molecule has 1 aromatic carbocycles. The molecular weight excluding hydrogens is 308 g/mol. The van der Waals surface area contributed by atoms with Gasteiger partial charge in [-0.1, -0.05) is 11.3 Å². The topological polar surface area (TPSA) is 84.0 Å². The molecule has 1 aromatic heterocycles. The third-order valence-corrected chi connectivity index (χ3v) is 4.85. The van der Waals surface area contributed by atoms with E-state index in [9.17, 15) is 9.59 Å². The average Bonchev–Trinajstić information content (AvgIpc) is 2.85. The van der Waals surface area contributed by atoms with E-state index < -0.39 is 0 Å². The van der Waals surface area contributed by atoms with E-state index in [0.717, 1.165) is 9.90 Å². The van der Waals surface area contributed by atoms with Crippen molar-refractivity contribution >= 4 is 45.7 Å². The molecule has 2 heterocycles. The standard InChI is InChI=1S/C13H12N4O2S2/c1-6-11(18)14-9-5-8(3-4-10(9)20-6)12(19)15-13-17-16-7(2)21-13/h3-6H,1-2H3,(H,14,18)(H,15,17,19). The largest absolute Gasteiger partial charge is 0.324 e. The smallest absolute Gasteiger partial charge is 0.257 e. The first-order valence-corrected chi connectivity index (χ1v) is 7.95. The zero-order valence-electron chi connectivity index (χ0n) is 11.3. The van der Waals surface area contributed by atoms with Crippen LogP contribution in [0.3, 0.4) is 0 Å². The number of benzene rings is 1. The summed E-state index contributed by atoms with van der Waals surface area (Å²) in [6.45, 7) is 3.67. The van der Waals surface area contributed by atoms with Crippen molar-refractivity contribution in [1.29, 1.82) is 0 Å². The highest BCUT2D eigenvalue weighted by atomic mass is 32.2. The Morgan fingerprint density at radius 2 is 2.19 bits per heavy atom. The number of fused-ring (bicyclic) bond motifs is 1. The molecule has 1 aliphatic rings. The van der Waals surface area contributed by atoms with Gasteiger partial charge in [0.2, 0.25) is 11.0 Å². The number of aromatic nitrogens is 2. The summed E-state index contributed by atoms with van der Waals surface area (Å²) in [5.74, 6) is -0.323. The molecule has 1 atom stereocenters. The Labute approximate surface area is 129 Å². The lowest BCUT2D eigenvalue weighted by Gasteiger charge is -2.21. The van der Waals surface area contributed by atoms with Gasteiger partial charge in [-0.25, -0.2) is 0 Å². The van der Waals surface area contributed by atoms with Gasteiger partial charge in [0.05, 0.1) is 10.9 Å². The van der Waals surface area contributed by atoms with Crippen LogP contribution >= 0.6 is 23.1 Å². The number of anilines is 2. The second kappa shape index (κ2) is 5.45. The van der Waals surface area contributed by atoms with Crippen LogP contribution < -0.4 is 10.6 Å². The molecule has 8 heteroatoms. The van der Waals surface area contributed by atoms with Crippen LogP contribution in [0.5, 0.6) is 0 Å². The van der Waals surface area contributed by atoms with E-state index in [0.29, 0.717) is 16.4 Å². The first kappa shape index (κ1) is 14.0. The second-order valence-corrected chi connectivity index (χ2v) is 7.10. The predicted octanol–water partition coefficient (Wildman–Crippen LogP) is 2.53. The van der Waals surface area contributed by atoms with Crippen molar-refractivity contribution < 1.29 is 9.59 Å². The van der Waals surface area contributed by atoms with Crippen LogP contribution in [0.4, 0.5) is 10.8 Å². The van der Waals surface area contributed by atoms with Crippen molar-refractivity contribution in [3.05, 3.63) is 28.8 Å². The minimum atomic E-state index is -0.271. The maximum Gasteiger partial charge on any atom is 0.257 e. The normalized spacial score (nSPS) is 17.0. The number of rotatable bonds is 2. The summed E-state index contributed by atoms with van der Waals surface area (Å²) in [6.07, 6.45) is 0. The van der Waals surface area contributed by atoms with Gasteiger partial charge in [0.1, 0.15) is 5.01 Å². The van der Waals surface area contributed by atoms with E-state index in [1.165, 1.54) is 23.1 Å². The van der Waals surface area contributed by atoms with Gasteiger partial charge in [-0.2, -0.15) is 0 Å². The Morgan fingerprint density at radius 1 is 1.38 bits per heavy atom. The number of thioether (sulfide) groups is 1. The molecule has 0 saturated carbocycles. The number of aryl methyl sites for hydroxylation is 1. The van der Waals surface area contributed by atoms with Crippen molar-refractivity contribution in [1.82, 2.24) is 10.2 Å². The van der Waals surface area contributed by atoms with Crippen molar-refractivity contribution in [2.75, 3.05) is 10.6 Å². The fourth-order valence-electron chi connectivity index (χ4n) is 1.87. The molecule has 1 aliphatic heterocycles. The molecule has 2 N–H and O–H groups in total. The third kappa shape index (κ3) is 2.91. The summed E-state index contributed by atoms with van der Waals surface area (Å²) in [7, 11) is 0. The molecular formula is C13H12N4O2S2. The lowest BCUT2D eigenvalue weighted by atomic mass is 10.2. The summed E-state index contributed by atoms with van der Waals surface area (Å²) < 4.78 is 0. The molecule has 3 rings (SSSR count). The monoisotopic (exact) mass is 320 g/mol. The zero-order chi connectivity index (χ0) is 15.0. The molecule has 0 bridgehead atoms. The minimum Gasteiger partial charge on any atom is -0.324 e. The summed E-state index contributed by atoms with van der Waals surface area (Å²) in [4.78, 5) is 24.8. The minimum absolute atomic E-state index is 0.0511. The van der Waals surface area contributed by atoms with E-state index in [4.69, 9.17) is 0 Å². The number of nitrogens with zero attached hydrogens (tertiary/aromatic N) is 2. The molecule has 0 fully saturated rings. The Hall–Kier alpha value is -1.93. The SMILES string of the molecule is Cc1nnc(NC(=O)c2ccc3c(c2)NC(=O)C(C)S3)s1. The van der Waals surface area contributed by atoms with Crippen molar-refractivity contribution in [2.45, 2.75) is 24.0 Å². The van der Waals surface area contributed by atoms with E-state index >= 15 is 0 Å². The fraction of sp³-hybridized carbons (Fsp3) is 0.231. The number of carbonyl (C=O) groups is 2. The van der Waals surface area contributed by atoms with Crippen LogP contribution in [-0.4, -0.2) is 27.3 Å². The number of amides is 2. The van der Waals surface area contributed by atoms with Crippen molar-refractivity contribution in [2.24, 2.45) is 0 Å². The van der Waals surface area contributed by atoms with Crippen LogP contribution in [-0.2, 0) is 4.79 Å². The lowest BCUT2D eigenvalue weighted by Crippen LogP contribution is -2.26. The first-order valence-electron chi connectivity index (χ1n) is 6.26. The highest BCUT2D eigenvalue weighted by Gasteiger charge is 2.23. The molecule has 0 radical (unpaired) electrons. The van der Waals surface area contributed by atoms with E-state index in [1.807, 2.05) is 19.9 Å². The Kier molecular flexibility index (Phi) is 3.64. The van der Waals surface area contributed by atoms with Gasteiger partial charge in [0, 0.05) is 10.5 Å². The van der Waals surface area contributed by atoms with Gasteiger partial charge in [-0.05, 0) is 32.0 Å². The Balaban J connectivity index is 1.82. The number of nitrogens with one attached hydrogen (secondary N) is 2. The molecule has 0 aliphatic carbocycles. The molecule has 2 aromatic rings. The van der Waals surface area contributed by atoms with Gasteiger partial charge < -0.3 is 5.32 Å². The molecule has 2 amide bonds. The third-order valence-electron chi connectivity index (χ3n) is 2.92. The van der Waals surface area contributed by atoms with Gasteiger partial charge >= 0.3 is 0 Å². The van der Waals surface area contributed by atoms with Crippen molar-refractivity contribution in [3.8, 4) is 0 Å². The molecule has 108 valence electrons. The maximum absolute atomic E-state index is 12.2. The van der Waals surface area contributed by atoms with Crippen molar-refractivity contribution in [3.63, 3.8) is 0 Å². The average molecular weight is 320 g/mol. The summed E-state index contributed by atoms with van der Waals surface area (Å²) in [5.41, 5.74) is 1.14. The highest BCUT2D eigenvalue weighted by molar-refractivity contribution is 8.00. The Bertz CT molecular complexity index is 729. The second-order valence-electron chi connectivity index (χ2n) is 4.54. The van der Waals surface area contributed by atoms with Crippen LogP contribution in [0, 0.1) is 6.92 Å². The van der Waals surface area contributed by atoms with Gasteiger partial charge in [-0.15, -0.1) is 22.0 Å². The molecule has 0 saturated heterocycles. The van der Waals surface area contributed by atoms with Crippen LogP contribution in [0.25, 0.3) is 0 Å². The molecule has 21 heavy (non-hydrogen) atoms. The number of hydrogen-bond acceptors (Lipinski definition) is 6. The summed E-state index contributed by atoms with van der Waals surface area (Å²) in [6, 6.07) is 5.25. The summed E-state index contributed by atoms with van der Waals surface area (Å²) in [5, 5.41) is 14.3. The van der Waals surface area contributed by atoms with E-state index in [1.54, 1.807) is 12.1 Å². The maximum atomic E-state index is 12.2. The zero-order valence-corrected chi connectivity index (χ0v) is 13.0. The quantitative estimate of drug-likeness (QED) is 0.888. The molecule has 6 nitrogen and oxygen atoms in total. The summed E-state index contributed by atoms with van der Waals surface area (Å²) >= 11 is 2.80.